The Labute approximate surface area is 111 Å². The van der Waals surface area contributed by atoms with Crippen molar-refractivity contribution in [1.82, 2.24) is 0 Å². The van der Waals surface area contributed by atoms with Crippen molar-refractivity contribution in [2.24, 2.45) is 0 Å². The smallest absolute Gasteiger partial charge is 0.315 e. The van der Waals surface area contributed by atoms with Crippen molar-refractivity contribution in [2.75, 3.05) is 12.4 Å². The van der Waals surface area contributed by atoms with Crippen LogP contribution in [0.3, 0.4) is 0 Å². The number of hydrogen-bond donors (Lipinski definition) is 0. The summed E-state index contributed by atoms with van der Waals surface area (Å²) in [6, 6.07) is 8.20. The minimum absolute atomic E-state index is 0.203. The van der Waals surface area contributed by atoms with Gasteiger partial charge >= 0.3 is 5.97 Å². The number of aryl methyl sites for hydroxylation is 1. The molecule has 0 aliphatic heterocycles. The second-order valence-corrected chi connectivity index (χ2v) is 5.40. The van der Waals surface area contributed by atoms with E-state index in [0.717, 1.165) is 23.7 Å². The molecule has 94 valence electrons. The van der Waals surface area contributed by atoms with E-state index in [4.69, 9.17) is 4.74 Å². The summed E-state index contributed by atoms with van der Waals surface area (Å²) in [7, 11) is 1.43. The fourth-order valence-corrected chi connectivity index (χ4v) is 2.01. The summed E-state index contributed by atoms with van der Waals surface area (Å²) >= 11 is 3.42. The molecule has 1 rings (SSSR count). The molecule has 0 spiro atoms. The molecular weight excluding hydrogens is 280 g/mol. The predicted octanol–water partition coefficient (Wildman–Crippen LogP) is 3.46. The molecule has 0 heterocycles. The van der Waals surface area contributed by atoms with E-state index in [9.17, 15) is 4.79 Å². The molecule has 0 saturated heterocycles. The van der Waals surface area contributed by atoms with Crippen LogP contribution in [-0.2, 0) is 21.4 Å². The molecule has 0 aliphatic rings. The maximum absolute atomic E-state index is 11.7. The lowest BCUT2D eigenvalue weighted by molar-refractivity contribution is -0.146. The number of methoxy groups -OCH3 is 1. The van der Waals surface area contributed by atoms with Gasteiger partial charge in [0.15, 0.2) is 0 Å². The lowest BCUT2D eigenvalue weighted by Gasteiger charge is -2.22. The van der Waals surface area contributed by atoms with Gasteiger partial charge in [-0.1, -0.05) is 40.2 Å². The maximum atomic E-state index is 11.7. The molecule has 0 radical (unpaired) electrons. The molecule has 0 fully saturated rings. The first-order valence-corrected chi connectivity index (χ1v) is 6.88. The van der Waals surface area contributed by atoms with E-state index in [1.807, 2.05) is 26.0 Å². The van der Waals surface area contributed by atoms with E-state index < -0.39 is 5.41 Å². The molecular formula is C14H19BrO2. The van der Waals surface area contributed by atoms with Crippen molar-refractivity contribution >= 4 is 21.9 Å². The summed E-state index contributed by atoms with van der Waals surface area (Å²) in [5.41, 5.74) is 1.71. The number of benzene rings is 1. The molecule has 0 aromatic heterocycles. The SMILES string of the molecule is COC(=O)C(C)(C)c1ccc(CCCBr)cc1. The Morgan fingerprint density at radius 2 is 1.88 bits per heavy atom. The first-order valence-electron chi connectivity index (χ1n) is 5.76. The molecule has 0 saturated carbocycles. The Kier molecular flexibility index (Phi) is 5.19. The summed E-state index contributed by atoms with van der Waals surface area (Å²) < 4.78 is 4.82. The minimum Gasteiger partial charge on any atom is -0.468 e. The van der Waals surface area contributed by atoms with Crippen molar-refractivity contribution in [1.29, 1.82) is 0 Å². The van der Waals surface area contributed by atoms with Crippen LogP contribution in [0.15, 0.2) is 24.3 Å². The van der Waals surface area contributed by atoms with Gasteiger partial charge in [0.2, 0.25) is 0 Å². The first kappa shape index (κ1) is 14.2. The molecule has 17 heavy (non-hydrogen) atoms. The van der Waals surface area contributed by atoms with E-state index in [1.165, 1.54) is 12.7 Å². The second-order valence-electron chi connectivity index (χ2n) is 4.61. The standard InChI is InChI=1S/C14H19BrO2/c1-14(2,13(16)17-3)12-8-6-11(7-9-12)5-4-10-15/h6-9H,4-5,10H2,1-3H3. The van der Waals surface area contributed by atoms with Gasteiger partial charge in [-0.3, -0.25) is 4.79 Å². The molecule has 2 nitrogen and oxygen atoms in total. The number of hydrogen-bond acceptors (Lipinski definition) is 2. The molecule has 0 N–H and O–H groups in total. The average Bonchev–Trinajstić information content (AvgIpc) is 2.35. The van der Waals surface area contributed by atoms with Crippen LogP contribution in [0.5, 0.6) is 0 Å². The quantitative estimate of drug-likeness (QED) is 0.615. The third-order valence-electron chi connectivity index (χ3n) is 2.97. The highest BCUT2D eigenvalue weighted by atomic mass is 79.9. The van der Waals surface area contributed by atoms with Gasteiger partial charge in [0.1, 0.15) is 0 Å². The van der Waals surface area contributed by atoms with E-state index in [-0.39, 0.29) is 5.97 Å². The number of alkyl halides is 1. The van der Waals surface area contributed by atoms with Gasteiger partial charge in [0, 0.05) is 5.33 Å². The number of rotatable bonds is 5. The number of carbonyl (C=O) groups is 1. The molecule has 0 unspecified atom stereocenters. The summed E-state index contributed by atoms with van der Waals surface area (Å²) in [5.74, 6) is -0.203. The summed E-state index contributed by atoms with van der Waals surface area (Å²) in [6.45, 7) is 3.76. The van der Waals surface area contributed by atoms with Crippen LogP contribution in [0.25, 0.3) is 0 Å². The van der Waals surface area contributed by atoms with Crippen molar-refractivity contribution in [3.8, 4) is 0 Å². The number of halogens is 1. The largest absolute Gasteiger partial charge is 0.468 e. The summed E-state index contributed by atoms with van der Waals surface area (Å²) in [5, 5.41) is 1.02. The molecule has 1 aromatic carbocycles. The molecule has 3 heteroatoms. The van der Waals surface area contributed by atoms with Crippen LogP contribution < -0.4 is 0 Å². The Balaban J connectivity index is 2.83. The van der Waals surface area contributed by atoms with Crippen LogP contribution in [0.2, 0.25) is 0 Å². The Hall–Kier alpha value is -0.830. The topological polar surface area (TPSA) is 26.3 Å². The lowest BCUT2D eigenvalue weighted by atomic mass is 9.84. The van der Waals surface area contributed by atoms with Crippen LogP contribution >= 0.6 is 15.9 Å². The van der Waals surface area contributed by atoms with Gasteiger partial charge in [0.25, 0.3) is 0 Å². The zero-order valence-corrected chi connectivity index (χ0v) is 12.2. The van der Waals surface area contributed by atoms with Gasteiger partial charge in [-0.05, 0) is 37.8 Å². The van der Waals surface area contributed by atoms with E-state index in [0.29, 0.717) is 0 Å². The highest BCUT2D eigenvalue weighted by Crippen LogP contribution is 2.25. The van der Waals surface area contributed by atoms with E-state index in [1.54, 1.807) is 0 Å². The Morgan fingerprint density at radius 3 is 2.35 bits per heavy atom. The fourth-order valence-electron chi connectivity index (χ4n) is 1.73. The van der Waals surface area contributed by atoms with Crippen molar-refractivity contribution < 1.29 is 9.53 Å². The van der Waals surface area contributed by atoms with E-state index >= 15 is 0 Å². The maximum Gasteiger partial charge on any atom is 0.315 e. The van der Waals surface area contributed by atoms with Gasteiger partial charge in [-0.2, -0.15) is 0 Å². The first-order chi connectivity index (χ1) is 8.02. The highest BCUT2D eigenvalue weighted by Gasteiger charge is 2.30. The molecule has 0 aliphatic carbocycles. The predicted molar refractivity (Wildman–Crippen MR) is 73.6 cm³/mol. The molecule has 1 aromatic rings. The van der Waals surface area contributed by atoms with Crippen LogP contribution in [0, 0.1) is 0 Å². The molecule has 0 amide bonds. The summed E-state index contributed by atoms with van der Waals surface area (Å²) in [4.78, 5) is 11.7. The van der Waals surface area contributed by atoms with Gasteiger partial charge in [-0.15, -0.1) is 0 Å². The van der Waals surface area contributed by atoms with Gasteiger partial charge < -0.3 is 4.74 Å². The average molecular weight is 299 g/mol. The van der Waals surface area contributed by atoms with Crippen LogP contribution in [0.4, 0.5) is 0 Å². The van der Waals surface area contributed by atoms with Crippen LogP contribution in [-0.4, -0.2) is 18.4 Å². The third-order valence-corrected chi connectivity index (χ3v) is 3.53. The Morgan fingerprint density at radius 1 is 1.29 bits per heavy atom. The number of esters is 1. The highest BCUT2D eigenvalue weighted by molar-refractivity contribution is 9.09. The Bertz CT molecular complexity index is 368. The van der Waals surface area contributed by atoms with Crippen molar-refractivity contribution in [3.05, 3.63) is 35.4 Å². The zero-order valence-electron chi connectivity index (χ0n) is 10.6. The lowest BCUT2D eigenvalue weighted by Crippen LogP contribution is -2.30. The normalized spacial score (nSPS) is 11.3. The third kappa shape index (κ3) is 3.56. The van der Waals surface area contributed by atoms with E-state index in [2.05, 4.69) is 28.1 Å². The second kappa shape index (κ2) is 6.20. The van der Waals surface area contributed by atoms with Gasteiger partial charge in [0.05, 0.1) is 12.5 Å². The van der Waals surface area contributed by atoms with Crippen LogP contribution in [0.1, 0.15) is 31.4 Å². The molecule has 0 bridgehead atoms. The molecule has 0 atom stereocenters. The monoisotopic (exact) mass is 298 g/mol. The van der Waals surface area contributed by atoms with Crippen molar-refractivity contribution in [2.45, 2.75) is 32.1 Å². The minimum atomic E-state index is -0.581. The number of carbonyl (C=O) groups excluding carboxylic acids is 1. The van der Waals surface area contributed by atoms with Gasteiger partial charge in [-0.25, -0.2) is 0 Å². The summed E-state index contributed by atoms with van der Waals surface area (Å²) in [6.07, 6.45) is 2.18. The fraction of sp³-hybridized carbons (Fsp3) is 0.500. The number of ether oxygens (including phenoxy) is 1. The van der Waals surface area contributed by atoms with Crippen molar-refractivity contribution in [3.63, 3.8) is 0 Å². The zero-order chi connectivity index (χ0) is 12.9.